The molecular formula is C10H19Cl2Si. The number of hydrogen-bond acceptors (Lipinski definition) is 0. The molecular weight excluding hydrogens is 219 g/mol. The summed E-state index contributed by atoms with van der Waals surface area (Å²) in [4.78, 5) is -0.159. The van der Waals surface area contributed by atoms with Crippen LogP contribution >= 0.6 is 23.2 Å². The molecule has 0 rings (SSSR count). The van der Waals surface area contributed by atoms with E-state index in [0.29, 0.717) is 0 Å². The first-order valence-electron chi connectivity index (χ1n) is 5.20. The largest absolute Gasteiger partial charge is 0.107 e. The summed E-state index contributed by atoms with van der Waals surface area (Å²) in [7, 11) is 3.47. The maximum Gasteiger partial charge on any atom is 0.107 e. The molecule has 3 radical (unpaired) electrons. The summed E-state index contributed by atoms with van der Waals surface area (Å²) in [5.74, 6) is 0. The van der Waals surface area contributed by atoms with Crippen molar-refractivity contribution in [3.63, 3.8) is 0 Å². The van der Waals surface area contributed by atoms with Gasteiger partial charge in [0.05, 0.1) is 0 Å². The zero-order valence-corrected chi connectivity index (χ0v) is 10.7. The molecule has 0 N–H and O–H groups in total. The van der Waals surface area contributed by atoms with Crippen LogP contribution in [0.1, 0.15) is 51.4 Å². The van der Waals surface area contributed by atoms with Gasteiger partial charge in [0.15, 0.2) is 0 Å². The van der Waals surface area contributed by atoms with Crippen molar-refractivity contribution in [1.29, 1.82) is 0 Å². The smallest absolute Gasteiger partial charge is 0.105 e. The predicted octanol–water partition coefficient (Wildman–Crippen LogP) is 4.50. The number of hydrogen-bond donors (Lipinski definition) is 0. The molecule has 0 amide bonds. The lowest BCUT2D eigenvalue weighted by Crippen LogP contribution is -1.87. The van der Waals surface area contributed by atoms with Gasteiger partial charge in [-0.15, -0.1) is 23.2 Å². The van der Waals surface area contributed by atoms with Crippen molar-refractivity contribution in [3.8, 4) is 0 Å². The van der Waals surface area contributed by atoms with Crippen molar-refractivity contribution in [2.45, 2.75) is 62.2 Å². The fourth-order valence-corrected chi connectivity index (χ4v) is 1.87. The fourth-order valence-electron chi connectivity index (χ4n) is 1.31. The highest BCUT2D eigenvalue weighted by Gasteiger charge is 1.97. The molecule has 0 saturated heterocycles. The Morgan fingerprint density at radius 1 is 0.769 bits per heavy atom. The number of unbranched alkanes of at least 4 members (excludes halogenated alkanes) is 6. The van der Waals surface area contributed by atoms with Crippen LogP contribution in [-0.2, 0) is 0 Å². The average Bonchev–Trinajstić information content (AvgIpc) is 2.09. The van der Waals surface area contributed by atoms with E-state index >= 15 is 0 Å². The van der Waals surface area contributed by atoms with Gasteiger partial charge in [0.25, 0.3) is 0 Å². The van der Waals surface area contributed by atoms with Crippen molar-refractivity contribution in [2.75, 3.05) is 0 Å². The van der Waals surface area contributed by atoms with Crippen LogP contribution in [0.15, 0.2) is 0 Å². The molecule has 0 unspecified atom stereocenters. The van der Waals surface area contributed by atoms with E-state index < -0.39 is 0 Å². The van der Waals surface area contributed by atoms with Crippen molar-refractivity contribution in [2.24, 2.45) is 0 Å². The number of halogens is 2. The van der Waals surface area contributed by atoms with Gasteiger partial charge >= 0.3 is 0 Å². The topological polar surface area (TPSA) is 0 Å². The van der Waals surface area contributed by atoms with Crippen LogP contribution in [-0.4, -0.2) is 15.1 Å². The van der Waals surface area contributed by atoms with Gasteiger partial charge in [0, 0.05) is 10.2 Å². The third kappa shape index (κ3) is 12.8. The Morgan fingerprint density at radius 2 is 1.23 bits per heavy atom. The van der Waals surface area contributed by atoms with E-state index in [1.54, 1.807) is 0 Å². The summed E-state index contributed by atoms with van der Waals surface area (Å²) in [5.41, 5.74) is 0. The quantitative estimate of drug-likeness (QED) is 0.315. The maximum atomic E-state index is 5.62. The Bertz CT molecular complexity index is 96.9. The van der Waals surface area contributed by atoms with E-state index in [-0.39, 0.29) is 4.84 Å². The molecule has 0 saturated carbocycles. The third-order valence-corrected chi connectivity index (χ3v) is 2.89. The molecule has 0 fully saturated rings. The Hall–Kier alpha value is 0.797. The molecule has 0 aliphatic heterocycles. The summed E-state index contributed by atoms with van der Waals surface area (Å²) in [6, 6.07) is 1.14. The van der Waals surface area contributed by atoms with Gasteiger partial charge in [-0.3, -0.25) is 0 Å². The third-order valence-electron chi connectivity index (χ3n) is 2.10. The second kappa shape index (κ2) is 10.9. The van der Waals surface area contributed by atoms with E-state index in [1.807, 2.05) is 0 Å². The van der Waals surface area contributed by atoms with Gasteiger partial charge in [0.2, 0.25) is 0 Å². The van der Waals surface area contributed by atoms with Crippen molar-refractivity contribution < 1.29 is 0 Å². The lowest BCUT2D eigenvalue weighted by atomic mass is 10.1. The van der Waals surface area contributed by atoms with Crippen LogP contribution in [0.25, 0.3) is 0 Å². The van der Waals surface area contributed by atoms with E-state index in [9.17, 15) is 0 Å². The van der Waals surface area contributed by atoms with Crippen LogP contribution in [0, 0.1) is 0 Å². The van der Waals surface area contributed by atoms with E-state index in [4.69, 9.17) is 23.2 Å². The van der Waals surface area contributed by atoms with Crippen molar-refractivity contribution in [3.05, 3.63) is 0 Å². The van der Waals surface area contributed by atoms with Crippen LogP contribution in [0.3, 0.4) is 0 Å². The molecule has 0 aromatic rings. The number of rotatable bonds is 9. The van der Waals surface area contributed by atoms with Gasteiger partial charge < -0.3 is 0 Å². The van der Waals surface area contributed by atoms with Crippen LogP contribution in [0.5, 0.6) is 0 Å². The minimum absolute atomic E-state index is 0.159. The lowest BCUT2D eigenvalue weighted by Gasteiger charge is -2.01. The molecule has 0 nitrogen and oxygen atoms in total. The Morgan fingerprint density at radius 3 is 1.69 bits per heavy atom. The zero-order chi connectivity index (χ0) is 9.94. The molecule has 0 heterocycles. The predicted molar refractivity (Wildman–Crippen MR) is 63.0 cm³/mol. The van der Waals surface area contributed by atoms with Gasteiger partial charge in [0.1, 0.15) is 4.84 Å². The second-order valence-corrected chi connectivity index (χ2v) is 5.18. The Labute approximate surface area is 95.8 Å². The van der Waals surface area contributed by atoms with Gasteiger partial charge in [-0.05, 0) is 6.42 Å². The second-order valence-electron chi connectivity index (χ2n) is 3.40. The first-order chi connectivity index (χ1) is 6.27. The SMILES string of the molecule is [Si]CCCCCCCCCC(Cl)Cl. The molecule has 13 heavy (non-hydrogen) atoms. The monoisotopic (exact) mass is 237 g/mol. The highest BCUT2D eigenvalue weighted by atomic mass is 35.5. The Kier molecular flexibility index (Phi) is 11.5. The molecule has 0 bridgehead atoms. The molecule has 0 spiro atoms. The van der Waals surface area contributed by atoms with Gasteiger partial charge in [-0.2, -0.15) is 0 Å². The average molecular weight is 238 g/mol. The zero-order valence-electron chi connectivity index (χ0n) is 8.20. The van der Waals surface area contributed by atoms with E-state index in [1.165, 1.54) is 44.9 Å². The van der Waals surface area contributed by atoms with Crippen LogP contribution in [0.2, 0.25) is 6.04 Å². The molecule has 0 aromatic carbocycles. The van der Waals surface area contributed by atoms with Crippen LogP contribution in [0.4, 0.5) is 0 Å². The lowest BCUT2D eigenvalue weighted by molar-refractivity contribution is 0.582. The highest BCUT2D eigenvalue weighted by Crippen LogP contribution is 2.14. The maximum absolute atomic E-state index is 5.62. The highest BCUT2D eigenvalue weighted by molar-refractivity contribution is 6.44. The summed E-state index contributed by atoms with van der Waals surface area (Å²) in [6.07, 6.45) is 10.1. The fraction of sp³-hybridized carbons (Fsp3) is 1.00. The minimum Gasteiger partial charge on any atom is -0.105 e. The van der Waals surface area contributed by atoms with Crippen molar-refractivity contribution >= 4 is 33.4 Å². The van der Waals surface area contributed by atoms with Crippen molar-refractivity contribution in [1.82, 2.24) is 0 Å². The normalized spacial score (nSPS) is 11.1. The first-order valence-corrected chi connectivity index (χ1v) is 6.78. The van der Waals surface area contributed by atoms with E-state index in [0.717, 1.165) is 12.5 Å². The molecule has 0 aliphatic rings. The molecule has 0 atom stereocenters. The van der Waals surface area contributed by atoms with Crippen LogP contribution < -0.4 is 0 Å². The van der Waals surface area contributed by atoms with Gasteiger partial charge in [-0.1, -0.05) is 51.0 Å². The summed E-state index contributed by atoms with van der Waals surface area (Å²) >= 11 is 11.2. The van der Waals surface area contributed by atoms with E-state index in [2.05, 4.69) is 10.2 Å². The Balaban J connectivity index is 2.84. The summed E-state index contributed by atoms with van der Waals surface area (Å²) < 4.78 is 0. The number of alkyl halides is 2. The minimum atomic E-state index is -0.159. The van der Waals surface area contributed by atoms with Gasteiger partial charge in [-0.25, -0.2) is 0 Å². The summed E-state index contributed by atoms with van der Waals surface area (Å²) in [5, 5.41) is 0. The first kappa shape index (κ1) is 13.8. The summed E-state index contributed by atoms with van der Waals surface area (Å²) in [6.45, 7) is 0. The molecule has 77 valence electrons. The standard InChI is InChI=1S/C10H19Cl2Si/c11-10(12)8-6-4-2-1-3-5-7-9-13/h10H,1-9H2. The molecule has 0 aliphatic carbocycles. The molecule has 0 aromatic heterocycles. The molecule has 3 heteroatoms.